The number of benzene rings is 1. The van der Waals surface area contributed by atoms with E-state index >= 15 is 0 Å². The molecule has 0 unspecified atom stereocenters. The molecule has 1 N–H and O–H groups in total. The van der Waals surface area contributed by atoms with Crippen LogP contribution in [0.3, 0.4) is 0 Å². The first kappa shape index (κ1) is 23.3. The Labute approximate surface area is 184 Å². The largest absolute Gasteiger partial charge is 0.480 e. The van der Waals surface area contributed by atoms with Crippen LogP contribution in [-0.4, -0.2) is 58.1 Å². The Morgan fingerprint density at radius 1 is 1.13 bits per heavy atom. The SMILES string of the molecule is CC(C)(C)[C@H](CC(=O)OC1CCCC1)C(=O)N1CN(Cc2ccccc2)C[C@H]1C(=O)O. The maximum Gasteiger partial charge on any atom is 0.327 e. The van der Waals surface area contributed by atoms with E-state index in [1.54, 1.807) is 0 Å². The molecule has 0 spiro atoms. The van der Waals surface area contributed by atoms with Crippen molar-refractivity contribution in [3.63, 3.8) is 0 Å². The first-order chi connectivity index (χ1) is 14.6. The van der Waals surface area contributed by atoms with Gasteiger partial charge in [0.25, 0.3) is 0 Å². The summed E-state index contributed by atoms with van der Waals surface area (Å²) in [5, 5.41) is 9.76. The number of carbonyl (C=O) groups is 3. The molecule has 1 saturated carbocycles. The van der Waals surface area contributed by atoms with Gasteiger partial charge in [0.05, 0.1) is 19.0 Å². The highest BCUT2D eigenvalue weighted by Gasteiger charge is 2.44. The van der Waals surface area contributed by atoms with Gasteiger partial charge in [-0.2, -0.15) is 0 Å². The number of hydrogen-bond donors (Lipinski definition) is 1. The standard InChI is InChI=1S/C24H34N2O5/c1-24(2,3)19(13-21(27)31-18-11-7-8-12-18)22(28)26-16-25(15-20(26)23(29)30)14-17-9-5-4-6-10-17/h4-6,9-10,18-20H,7-8,11-16H2,1-3H3,(H,29,30)/t19-,20+/m1/s1. The lowest BCUT2D eigenvalue weighted by molar-refractivity contribution is -0.157. The molecule has 0 bridgehead atoms. The van der Waals surface area contributed by atoms with Crippen LogP contribution in [0.4, 0.5) is 0 Å². The first-order valence-electron chi connectivity index (χ1n) is 11.1. The van der Waals surface area contributed by atoms with E-state index in [9.17, 15) is 19.5 Å². The van der Waals surface area contributed by atoms with Gasteiger partial charge in [-0.05, 0) is 36.7 Å². The Balaban J connectivity index is 1.71. The molecule has 0 radical (unpaired) electrons. The van der Waals surface area contributed by atoms with E-state index < -0.39 is 23.3 Å². The molecule has 3 rings (SSSR count). The average molecular weight is 431 g/mol. The molecule has 7 heteroatoms. The number of ether oxygens (including phenoxy) is 1. The summed E-state index contributed by atoms with van der Waals surface area (Å²) in [7, 11) is 0. The highest BCUT2D eigenvalue weighted by molar-refractivity contribution is 5.88. The number of amides is 1. The van der Waals surface area contributed by atoms with Crippen molar-refractivity contribution in [3.8, 4) is 0 Å². The summed E-state index contributed by atoms with van der Waals surface area (Å²) in [5.41, 5.74) is 0.565. The Morgan fingerprint density at radius 3 is 2.35 bits per heavy atom. The second-order valence-corrected chi connectivity index (χ2v) is 9.82. The number of esters is 1. The zero-order valence-corrected chi connectivity index (χ0v) is 18.8. The van der Waals surface area contributed by atoms with Crippen LogP contribution in [0.2, 0.25) is 0 Å². The van der Waals surface area contributed by atoms with Gasteiger partial charge in [-0.3, -0.25) is 14.5 Å². The fourth-order valence-electron chi connectivity index (χ4n) is 4.48. The van der Waals surface area contributed by atoms with Crippen LogP contribution in [0, 0.1) is 11.3 Å². The Bertz CT molecular complexity index is 783. The number of nitrogens with zero attached hydrogens (tertiary/aromatic N) is 2. The molecule has 2 atom stereocenters. The molecule has 2 fully saturated rings. The molecule has 1 aromatic rings. The quantitative estimate of drug-likeness (QED) is 0.668. The number of aliphatic carboxylic acids is 1. The Kier molecular flexibility index (Phi) is 7.36. The maximum atomic E-state index is 13.5. The second-order valence-electron chi connectivity index (χ2n) is 9.82. The minimum Gasteiger partial charge on any atom is -0.480 e. The van der Waals surface area contributed by atoms with Gasteiger partial charge in [-0.25, -0.2) is 4.79 Å². The third-order valence-electron chi connectivity index (χ3n) is 6.29. The van der Waals surface area contributed by atoms with Gasteiger partial charge in [0.2, 0.25) is 5.91 Å². The molecular formula is C24H34N2O5. The summed E-state index contributed by atoms with van der Waals surface area (Å²) in [6.45, 7) is 6.79. The van der Waals surface area contributed by atoms with Crippen LogP contribution in [0.1, 0.15) is 58.4 Å². The van der Waals surface area contributed by atoms with Crippen molar-refractivity contribution >= 4 is 17.8 Å². The Hall–Kier alpha value is -2.41. The van der Waals surface area contributed by atoms with Crippen molar-refractivity contribution in [3.05, 3.63) is 35.9 Å². The van der Waals surface area contributed by atoms with E-state index in [-0.39, 0.29) is 37.6 Å². The molecule has 31 heavy (non-hydrogen) atoms. The van der Waals surface area contributed by atoms with Crippen molar-refractivity contribution < 1.29 is 24.2 Å². The van der Waals surface area contributed by atoms with Crippen LogP contribution in [-0.2, 0) is 25.7 Å². The average Bonchev–Trinajstić information content (AvgIpc) is 3.35. The van der Waals surface area contributed by atoms with E-state index in [1.165, 1.54) is 4.90 Å². The minimum absolute atomic E-state index is 0.0274. The molecule has 1 aromatic carbocycles. The van der Waals surface area contributed by atoms with Gasteiger partial charge in [0.15, 0.2) is 0 Å². The monoisotopic (exact) mass is 430 g/mol. The maximum absolute atomic E-state index is 13.5. The van der Waals surface area contributed by atoms with Crippen molar-refractivity contribution in [1.82, 2.24) is 9.80 Å². The second kappa shape index (κ2) is 9.81. The molecule has 1 aliphatic carbocycles. The van der Waals surface area contributed by atoms with Crippen molar-refractivity contribution in [2.75, 3.05) is 13.2 Å². The molecule has 170 valence electrons. The normalized spacial score (nSPS) is 21.3. The van der Waals surface area contributed by atoms with Gasteiger partial charge >= 0.3 is 11.9 Å². The molecule has 2 aliphatic rings. The fourth-order valence-corrected chi connectivity index (χ4v) is 4.48. The smallest absolute Gasteiger partial charge is 0.327 e. The van der Waals surface area contributed by atoms with Gasteiger partial charge in [-0.15, -0.1) is 0 Å². The minimum atomic E-state index is -1.02. The van der Waals surface area contributed by atoms with Crippen molar-refractivity contribution in [2.24, 2.45) is 11.3 Å². The molecule has 1 saturated heterocycles. The lowest BCUT2D eigenvalue weighted by atomic mass is 9.77. The van der Waals surface area contributed by atoms with Crippen molar-refractivity contribution in [2.45, 2.75) is 71.6 Å². The molecular weight excluding hydrogens is 396 g/mol. The highest BCUT2D eigenvalue weighted by Crippen LogP contribution is 2.33. The number of rotatable bonds is 7. The van der Waals surface area contributed by atoms with E-state index in [2.05, 4.69) is 0 Å². The van der Waals surface area contributed by atoms with Gasteiger partial charge in [0.1, 0.15) is 12.1 Å². The van der Waals surface area contributed by atoms with Crippen LogP contribution in [0.25, 0.3) is 0 Å². The topological polar surface area (TPSA) is 87.2 Å². The van der Waals surface area contributed by atoms with Gasteiger partial charge in [0, 0.05) is 13.1 Å². The summed E-state index contributed by atoms with van der Waals surface area (Å²) in [4.78, 5) is 41.4. The third kappa shape index (κ3) is 6.06. The summed E-state index contributed by atoms with van der Waals surface area (Å²) < 4.78 is 5.59. The van der Waals surface area contributed by atoms with E-state index in [1.807, 2.05) is 56.0 Å². The van der Waals surface area contributed by atoms with Crippen LogP contribution < -0.4 is 0 Å². The number of hydrogen-bond acceptors (Lipinski definition) is 5. The van der Waals surface area contributed by atoms with Gasteiger partial charge in [-0.1, -0.05) is 51.1 Å². The van der Waals surface area contributed by atoms with Crippen LogP contribution in [0.15, 0.2) is 30.3 Å². The molecule has 1 amide bonds. The zero-order chi connectivity index (χ0) is 22.6. The number of carbonyl (C=O) groups excluding carboxylic acids is 2. The van der Waals surface area contributed by atoms with E-state index in [4.69, 9.17) is 4.74 Å². The highest BCUT2D eigenvalue weighted by atomic mass is 16.5. The van der Waals surface area contributed by atoms with Crippen LogP contribution >= 0.6 is 0 Å². The van der Waals surface area contributed by atoms with E-state index in [0.717, 1.165) is 31.2 Å². The molecule has 0 aromatic heterocycles. The summed E-state index contributed by atoms with van der Waals surface area (Å²) >= 11 is 0. The van der Waals surface area contributed by atoms with Crippen molar-refractivity contribution in [1.29, 1.82) is 0 Å². The third-order valence-corrected chi connectivity index (χ3v) is 6.29. The summed E-state index contributed by atoms with van der Waals surface area (Å²) in [6.07, 6.45) is 3.79. The lowest BCUT2D eigenvalue weighted by Gasteiger charge is -2.34. The molecule has 1 aliphatic heterocycles. The predicted octanol–water partition coefficient (Wildman–Crippen LogP) is 3.28. The fraction of sp³-hybridized carbons (Fsp3) is 0.625. The number of carboxylic acids is 1. The summed E-state index contributed by atoms with van der Waals surface area (Å²) in [5.74, 6) is -2.32. The Morgan fingerprint density at radius 2 is 1.77 bits per heavy atom. The van der Waals surface area contributed by atoms with Gasteiger partial charge < -0.3 is 14.7 Å². The summed E-state index contributed by atoms with van der Waals surface area (Å²) in [6, 6.07) is 8.85. The van der Waals surface area contributed by atoms with E-state index in [0.29, 0.717) is 6.54 Å². The molecule has 1 heterocycles. The first-order valence-corrected chi connectivity index (χ1v) is 11.1. The number of carboxylic acid groups (broad SMARTS) is 1. The zero-order valence-electron chi connectivity index (χ0n) is 18.8. The molecule has 7 nitrogen and oxygen atoms in total. The van der Waals surface area contributed by atoms with Crippen LogP contribution in [0.5, 0.6) is 0 Å². The predicted molar refractivity (Wildman–Crippen MR) is 116 cm³/mol. The lowest BCUT2D eigenvalue weighted by Crippen LogP contribution is -2.48.